The minimum atomic E-state index is -3.73. The fraction of sp³-hybridized carbons (Fsp3) is 0.250. The van der Waals surface area contributed by atoms with E-state index in [0.717, 1.165) is 27.5 Å². The molecule has 0 aromatic carbocycles. The first-order chi connectivity index (χ1) is 14.4. The number of carbonyl (C=O) groups excluding carboxylic acids is 2. The zero-order chi connectivity index (χ0) is 21.3. The van der Waals surface area contributed by atoms with E-state index in [2.05, 4.69) is 9.71 Å². The van der Waals surface area contributed by atoms with Gasteiger partial charge in [0.2, 0.25) is 0 Å². The molecule has 156 valence electrons. The molecule has 0 saturated carbocycles. The predicted octanol–water partition coefficient (Wildman–Crippen LogP) is 3.82. The number of hydrogen-bond donors (Lipinski definition) is 1. The molecule has 0 bridgehead atoms. The van der Waals surface area contributed by atoms with Crippen LogP contribution in [0.3, 0.4) is 0 Å². The SMILES string of the molecule is CCC[C@H](NS(=O)(=O)c1ccc(CN2C(=O)c3cccnc3C2=O)s1)c1cccs1. The van der Waals surface area contributed by atoms with E-state index in [0.29, 0.717) is 11.3 Å². The first kappa shape index (κ1) is 20.9. The van der Waals surface area contributed by atoms with E-state index >= 15 is 0 Å². The number of hydrogen-bond acceptors (Lipinski definition) is 7. The number of pyridine rings is 1. The Bertz CT molecular complexity index is 1150. The summed E-state index contributed by atoms with van der Waals surface area (Å²) in [6.07, 6.45) is 3.00. The van der Waals surface area contributed by atoms with E-state index in [1.165, 1.54) is 23.6 Å². The molecule has 4 rings (SSSR count). The second-order valence-corrected chi connectivity index (χ2v) is 10.9. The highest BCUT2D eigenvalue weighted by atomic mass is 32.2. The Morgan fingerprint density at radius 2 is 1.97 bits per heavy atom. The van der Waals surface area contributed by atoms with Gasteiger partial charge in [0.1, 0.15) is 9.90 Å². The number of aromatic nitrogens is 1. The van der Waals surface area contributed by atoms with Crippen molar-refractivity contribution in [3.63, 3.8) is 0 Å². The number of sulfonamides is 1. The number of fused-ring (bicyclic) bond motifs is 1. The molecular weight excluding hydrogens is 442 g/mol. The Labute approximate surface area is 182 Å². The normalized spacial score (nSPS) is 14.9. The summed E-state index contributed by atoms with van der Waals surface area (Å²) < 4.78 is 28.8. The lowest BCUT2D eigenvalue weighted by molar-refractivity contribution is 0.0642. The van der Waals surface area contributed by atoms with Crippen molar-refractivity contribution in [1.29, 1.82) is 0 Å². The molecule has 30 heavy (non-hydrogen) atoms. The standard InChI is InChI=1S/C20H19N3O4S3/c1-2-5-15(16-7-4-11-28-16)22-30(26,27)17-9-8-13(29-17)12-23-19(24)14-6-3-10-21-18(14)20(23)25/h3-4,6-11,15,22H,2,5,12H2,1H3/t15-/m0/s1. The molecule has 1 N–H and O–H groups in total. The van der Waals surface area contributed by atoms with Crippen molar-refractivity contribution in [2.75, 3.05) is 0 Å². The highest BCUT2D eigenvalue weighted by Crippen LogP contribution is 2.30. The second kappa shape index (κ2) is 8.38. The molecule has 0 fully saturated rings. The largest absolute Gasteiger partial charge is 0.280 e. The Balaban J connectivity index is 1.51. The van der Waals surface area contributed by atoms with Crippen LogP contribution < -0.4 is 4.72 Å². The zero-order valence-electron chi connectivity index (χ0n) is 16.1. The number of amides is 2. The van der Waals surface area contributed by atoms with Gasteiger partial charge in [0.15, 0.2) is 0 Å². The maximum absolute atomic E-state index is 12.9. The molecule has 7 nitrogen and oxygen atoms in total. The summed E-state index contributed by atoms with van der Waals surface area (Å²) in [7, 11) is -3.73. The minimum Gasteiger partial charge on any atom is -0.268 e. The van der Waals surface area contributed by atoms with E-state index in [9.17, 15) is 18.0 Å². The maximum atomic E-state index is 12.9. The predicted molar refractivity (Wildman–Crippen MR) is 115 cm³/mol. The van der Waals surface area contributed by atoms with Gasteiger partial charge in [-0.15, -0.1) is 22.7 Å². The minimum absolute atomic E-state index is 0.0114. The molecule has 0 unspecified atom stereocenters. The van der Waals surface area contributed by atoms with Crippen LogP contribution in [0.1, 0.15) is 56.4 Å². The number of thiophene rings is 2. The van der Waals surface area contributed by atoms with Crippen molar-refractivity contribution in [2.45, 2.75) is 36.6 Å². The molecular formula is C20H19N3O4S3. The lowest BCUT2D eigenvalue weighted by Gasteiger charge is -2.16. The van der Waals surface area contributed by atoms with Gasteiger partial charge >= 0.3 is 0 Å². The Morgan fingerprint density at radius 1 is 1.13 bits per heavy atom. The summed E-state index contributed by atoms with van der Waals surface area (Å²) in [6.45, 7) is 2.02. The highest BCUT2D eigenvalue weighted by Gasteiger charge is 2.37. The number of rotatable bonds is 8. The van der Waals surface area contributed by atoms with Gasteiger partial charge < -0.3 is 0 Å². The smallest absolute Gasteiger partial charge is 0.268 e. The average molecular weight is 462 g/mol. The van der Waals surface area contributed by atoms with Crippen LogP contribution in [0.25, 0.3) is 0 Å². The molecule has 1 atom stereocenters. The summed E-state index contributed by atoms with van der Waals surface area (Å²) >= 11 is 2.57. The van der Waals surface area contributed by atoms with Crippen LogP contribution in [0.2, 0.25) is 0 Å². The fourth-order valence-corrected chi connectivity index (χ4v) is 6.78. The third-order valence-electron chi connectivity index (χ3n) is 4.71. The molecule has 0 spiro atoms. The topological polar surface area (TPSA) is 96.4 Å². The van der Waals surface area contributed by atoms with Gasteiger partial charge in [-0.1, -0.05) is 19.4 Å². The number of imide groups is 1. The molecule has 4 heterocycles. The van der Waals surface area contributed by atoms with Crippen molar-refractivity contribution in [1.82, 2.24) is 14.6 Å². The van der Waals surface area contributed by atoms with Crippen LogP contribution in [0.15, 0.2) is 52.2 Å². The fourth-order valence-electron chi connectivity index (χ4n) is 3.28. The Hall–Kier alpha value is -2.40. The van der Waals surface area contributed by atoms with Crippen LogP contribution in [0, 0.1) is 0 Å². The molecule has 0 aliphatic carbocycles. The maximum Gasteiger partial charge on any atom is 0.280 e. The molecule has 0 saturated heterocycles. The van der Waals surface area contributed by atoms with Gasteiger partial charge in [-0.25, -0.2) is 13.1 Å². The van der Waals surface area contributed by atoms with Crippen molar-refractivity contribution in [3.8, 4) is 0 Å². The molecule has 3 aromatic heterocycles. The van der Waals surface area contributed by atoms with E-state index < -0.39 is 21.8 Å². The third-order valence-corrected chi connectivity index (χ3v) is 8.73. The van der Waals surface area contributed by atoms with E-state index in [4.69, 9.17) is 0 Å². The van der Waals surface area contributed by atoms with E-state index in [1.807, 2.05) is 24.4 Å². The van der Waals surface area contributed by atoms with Gasteiger partial charge in [0.25, 0.3) is 21.8 Å². The van der Waals surface area contributed by atoms with Gasteiger partial charge in [-0.3, -0.25) is 19.5 Å². The van der Waals surface area contributed by atoms with E-state index in [1.54, 1.807) is 18.2 Å². The quantitative estimate of drug-likeness (QED) is 0.515. The van der Waals surface area contributed by atoms with Crippen molar-refractivity contribution >= 4 is 44.5 Å². The monoisotopic (exact) mass is 461 g/mol. The molecule has 1 aliphatic rings. The van der Waals surface area contributed by atoms with Crippen LogP contribution in [0.5, 0.6) is 0 Å². The van der Waals surface area contributed by atoms with Gasteiger partial charge in [-0.05, 0) is 42.1 Å². The van der Waals surface area contributed by atoms with Gasteiger partial charge in [-0.2, -0.15) is 0 Å². The number of carbonyl (C=O) groups is 2. The first-order valence-electron chi connectivity index (χ1n) is 9.36. The first-order valence-corrected chi connectivity index (χ1v) is 12.5. The van der Waals surface area contributed by atoms with Crippen LogP contribution in [0.4, 0.5) is 0 Å². The Morgan fingerprint density at radius 3 is 2.67 bits per heavy atom. The summed E-state index contributed by atoms with van der Waals surface area (Å²) in [5, 5.41) is 1.92. The van der Waals surface area contributed by atoms with Crippen LogP contribution in [-0.2, 0) is 16.6 Å². The summed E-state index contributed by atoms with van der Waals surface area (Å²) in [5.74, 6) is -0.882. The molecule has 10 heteroatoms. The van der Waals surface area contributed by atoms with Crippen LogP contribution in [-0.4, -0.2) is 30.1 Å². The van der Waals surface area contributed by atoms with Gasteiger partial charge in [0.05, 0.1) is 18.2 Å². The third kappa shape index (κ3) is 3.95. The highest BCUT2D eigenvalue weighted by molar-refractivity contribution is 7.91. The molecule has 3 aromatic rings. The molecule has 1 aliphatic heterocycles. The Kier molecular flexibility index (Phi) is 5.83. The number of nitrogens with one attached hydrogen (secondary N) is 1. The van der Waals surface area contributed by atoms with Gasteiger partial charge in [0, 0.05) is 16.0 Å². The van der Waals surface area contributed by atoms with E-state index in [-0.39, 0.29) is 28.1 Å². The summed E-state index contributed by atoms with van der Waals surface area (Å²) in [5.41, 5.74) is 0.402. The van der Waals surface area contributed by atoms with Crippen molar-refractivity contribution in [3.05, 3.63) is 69.0 Å². The van der Waals surface area contributed by atoms with Crippen LogP contribution >= 0.6 is 22.7 Å². The molecule has 0 radical (unpaired) electrons. The van der Waals surface area contributed by atoms with Crippen molar-refractivity contribution in [2.24, 2.45) is 0 Å². The zero-order valence-corrected chi connectivity index (χ0v) is 18.5. The summed E-state index contributed by atoms with van der Waals surface area (Å²) in [6, 6.07) is 9.85. The van der Waals surface area contributed by atoms with Crippen molar-refractivity contribution < 1.29 is 18.0 Å². The second-order valence-electron chi connectivity index (χ2n) is 6.79. The summed E-state index contributed by atoms with van der Waals surface area (Å²) in [4.78, 5) is 31.6. The molecule has 2 amide bonds. The lowest BCUT2D eigenvalue weighted by atomic mass is 10.1. The lowest BCUT2D eigenvalue weighted by Crippen LogP contribution is -2.29. The average Bonchev–Trinajstić information content (AvgIpc) is 3.46. The number of nitrogens with zero attached hydrogens (tertiary/aromatic N) is 2.